The molecule has 0 aliphatic heterocycles. The summed E-state index contributed by atoms with van der Waals surface area (Å²) in [6.07, 6.45) is 17.1. The Morgan fingerprint density at radius 3 is 1.85 bits per heavy atom. The maximum absolute atomic E-state index is 2.49. The molecular weight excluding hydrogens is 156 g/mol. The van der Waals surface area contributed by atoms with Gasteiger partial charge in [-0.15, -0.1) is 0 Å². The molecule has 0 unspecified atom stereocenters. The zero-order valence-corrected chi connectivity index (χ0v) is 8.00. The maximum Gasteiger partial charge on any atom is 0.0135 e. The van der Waals surface area contributed by atoms with Crippen LogP contribution in [0.1, 0.15) is 32.1 Å². The summed E-state index contributed by atoms with van der Waals surface area (Å²) in [5, 5.41) is 0. The largest absolute Gasteiger partial charge is 0.0739 e. The van der Waals surface area contributed by atoms with Gasteiger partial charge in [-0.2, -0.15) is 0 Å². The third-order valence-electron chi connectivity index (χ3n) is 4.84. The fraction of sp³-hybridized carbons (Fsp3) is 0.692. The molecule has 0 heterocycles. The summed E-state index contributed by atoms with van der Waals surface area (Å²) in [6.45, 7) is 0. The highest BCUT2D eigenvalue weighted by atomic mass is 14.8. The lowest BCUT2D eigenvalue weighted by Crippen LogP contribution is -2.14. The molecular formula is C13H16. The summed E-state index contributed by atoms with van der Waals surface area (Å²) in [7, 11) is 0. The van der Waals surface area contributed by atoms with Crippen LogP contribution in [0.25, 0.3) is 0 Å². The summed E-state index contributed by atoms with van der Waals surface area (Å²) in [5.74, 6) is 2.21. The predicted molar refractivity (Wildman–Crippen MR) is 53.2 cm³/mol. The van der Waals surface area contributed by atoms with E-state index in [1.54, 1.807) is 0 Å². The maximum atomic E-state index is 2.49. The van der Waals surface area contributed by atoms with E-state index in [0.717, 1.165) is 17.3 Å². The van der Waals surface area contributed by atoms with E-state index in [4.69, 9.17) is 0 Å². The molecule has 0 radical (unpaired) electrons. The summed E-state index contributed by atoms with van der Waals surface area (Å²) in [6, 6.07) is 0. The van der Waals surface area contributed by atoms with E-state index in [-0.39, 0.29) is 0 Å². The fourth-order valence-electron chi connectivity index (χ4n) is 3.96. The van der Waals surface area contributed by atoms with Gasteiger partial charge in [0.2, 0.25) is 0 Å². The Bertz CT molecular complexity index is 289. The van der Waals surface area contributed by atoms with Gasteiger partial charge in [-0.05, 0) is 49.4 Å². The van der Waals surface area contributed by atoms with Crippen molar-refractivity contribution in [3.8, 4) is 0 Å². The summed E-state index contributed by atoms with van der Waals surface area (Å²) < 4.78 is 0. The van der Waals surface area contributed by atoms with Crippen molar-refractivity contribution in [2.45, 2.75) is 32.1 Å². The molecule has 0 heteroatoms. The number of allylic oxidation sites excluding steroid dienone is 4. The molecule has 0 aromatic carbocycles. The van der Waals surface area contributed by atoms with Gasteiger partial charge < -0.3 is 0 Å². The average molecular weight is 172 g/mol. The monoisotopic (exact) mass is 172 g/mol. The number of hydrogen-bond donors (Lipinski definition) is 0. The van der Waals surface area contributed by atoms with Crippen LogP contribution >= 0.6 is 0 Å². The zero-order chi connectivity index (χ0) is 8.52. The first-order valence-electron chi connectivity index (χ1n) is 5.74. The summed E-state index contributed by atoms with van der Waals surface area (Å²) in [5.41, 5.74) is 1.34. The van der Waals surface area contributed by atoms with Crippen LogP contribution in [0.2, 0.25) is 0 Å². The molecule has 3 saturated carbocycles. The average Bonchev–Trinajstić information content (AvgIpc) is 2.88. The standard InChI is InChI=1S/C13H16/c1-2-8-12(7-1)9-13(12,10-3-4-10)11-5-6-11/h1-2,7-8,10-11H,3-6,9H2. The Morgan fingerprint density at radius 1 is 0.846 bits per heavy atom. The molecule has 0 saturated heterocycles. The van der Waals surface area contributed by atoms with Crippen LogP contribution in [0.15, 0.2) is 24.3 Å². The van der Waals surface area contributed by atoms with E-state index in [1.165, 1.54) is 32.1 Å². The third-order valence-corrected chi connectivity index (χ3v) is 4.84. The topological polar surface area (TPSA) is 0 Å². The van der Waals surface area contributed by atoms with Crippen LogP contribution in [-0.4, -0.2) is 0 Å². The molecule has 0 aromatic heterocycles. The van der Waals surface area contributed by atoms with Crippen molar-refractivity contribution in [3.63, 3.8) is 0 Å². The second-order valence-electron chi connectivity index (χ2n) is 5.52. The Balaban J connectivity index is 1.76. The molecule has 0 amide bonds. The lowest BCUT2D eigenvalue weighted by molar-refractivity contribution is 0.327. The van der Waals surface area contributed by atoms with Gasteiger partial charge in [-0.3, -0.25) is 0 Å². The van der Waals surface area contributed by atoms with E-state index >= 15 is 0 Å². The fourth-order valence-corrected chi connectivity index (χ4v) is 3.96. The van der Waals surface area contributed by atoms with Crippen molar-refractivity contribution < 1.29 is 0 Å². The molecule has 0 aromatic rings. The van der Waals surface area contributed by atoms with Gasteiger partial charge >= 0.3 is 0 Å². The highest BCUT2D eigenvalue weighted by molar-refractivity contribution is 5.42. The second kappa shape index (κ2) is 1.80. The first-order valence-corrected chi connectivity index (χ1v) is 5.74. The lowest BCUT2D eigenvalue weighted by atomic mass is 9.84. The normalized spacial score (nSPS) is 37.2. The molecule has 0 bridgehead atoms. The molecule has 3 fully saturated rings. The van der Waals surface area contributed by atoms with Gasteiger partial charge in [-0.1, -0.05) is 24.3 Å². The number of hydrogen-bond acceptors (Lipinski definition) is 0. The minimum absolute atomic E-state index is 0.565. The Hall–Kier alpha value is -0.520. The minimum Gasteiger partial charge on any atom is -0.0739 e. The molecule has 4 aliphatic rings. The van der Waals surface area contributed by atoms with Crippen molar-refractivity contribution in [3.05, 3.63) is 24.3 Å². The minimum atomic E-state index is 0.565. The van der Waals surface area contributed by atoms with E-state index in [9.17, 15) is 0 Å². The molecule has 4 rings (SSSR count). The van der Waals surface area contributed by atoms with Gasteiger partial charge in [0, 0.05) is 5.41 Å². The smallest absolute Gasteiger partial charge is 0.0135 e. The summed E-state index contributed by atoms with van der Waals surface area (Å²) >= 11 is 0. The Kier molecular flexibility index (Phi) is 0.949. The van der Waals surface area contributed by atoms with Gasteiger partial charge in [0.15, 0.2) is 0 Å². The molecule has 0 nitrogen and oxygen atoms in total. The van der Waals surface area contributed by atoms with Gasteiger partial charge in [0.05, 0.1) is 0 Å². The quantitative estimate of drug-likeness (QED) is 0.599. The Labute approximate surface area is 79.7 Å². The highest BCUT2D eigenvalue weighted by Gasteiger charge is 2.74. The predicted octanol–water partition coefficient (Wildman–Crippen LogP) is 3.31. The molecule has 13 heavy (non-hydrogen) atoms. The Morgan fingerprint density at radius 2 is 1.38 bits per heavy atom. The van der Waals surface area contributed by atoms with E-state index in [1.807, 2.05) is 0 Å². The van der Waals surface area contributed by atoms with E-state index in [0.29, 0.717) is 5.41 Å². The van der Waals surface area contributed by atoms with Crippen LogP contribution in [0.5, 0.6) is 0 Å². The van der Waals surface area contributed by atoms with E-state index in [2.05, 4.69) is 24.3 Å². The molecule has 0 atom stereocenters. The number of rotatable bonds is 2. The van der Waals surface area contributed by atoms with Crippen LogP contribution in [0.3, 0.4) is 0 Å². The first kappa shape index (κ1) is 6.86. The van der Waals surface area contributed by atoms with Crippen molar-refractivity contribution in [1.82, 2.24) is 0 Å². The second-order valence-corrected chi connectivity index (χ2v) is 5.52. The lowest BCUT2D eigenvalue weighted by Gasteiger charge is -2.19. The van der Waals surface area contributed by atoms with Crippen molar-refractivity contribution in [2.75, 3.05) is 0 Å². The van der Waals surface area contributed by atoms with Gasteiger partial charge in [0.1, 0.15) is 0 Å². The van der Waals surface area contributed by atoms with Crippen LogP contribution in [-0.2, 0) is 0 Å². The van der Waals surface area contributed by atoms with Crippen molar-refractivity contribution in [1.29, 1.82) is 0 Å². The van der Waals surface area contributed by atoms with Gasteiger partial charge in [-0.25, -0.2) is 0 Å². The molecule has 1 spiro atoms. The highest BCUT2D eigenvalue weighted by Crippen LogP contribution is 2.82. The van der Waals surface area contributed by atoms with E-state index < -0.39 is 0 Å². The van der Waals surface area contributed by atoms with Crippen LogP contribution in [0.4, 0.5) is 0 Å². The first-order chi connectivity index (χ1) is 6.37. The molecule has 4 aliphatic carbocycles. The van der Waals surface area contributed by atoms with Crippen molar-refractivity contribution in [2.24, 2.45) is 22.7 Å². The summed E-state index contributed by atoms with van der Waals surface area (Å²) in [4.78, 5) is 0. The van der Waals surface area contributed by atoms with Crippen molar-refractivity contribution >= 4 is 0 Å². The van der Waals surface area contributed by atoms with Gasteiger partial charge in [0.25, 0.3) is 0 Å². The SMILES string of the molecule is C1=CC2(C=C1)CC2(C1CC1)C1CC1. The van der Waals surface area contributed by atoms with Crippen LogP contribution in [0, 0.1) is 22.7 Å². The zero-order valence-electron chi connectivity index (χ0n) is 8.00. The third kappa shape index (κ3) is 0.662. The molecule has 0 N–H and O–H groups in total. The molecule has 68 valence electrons. The van der Waals surface area contributed by atoms with Crippen LogP contribution < -0.4 is 0 Å².